The molecule has 0 saturated carbocycles. The van der Waals surface area contributed by atoms with Crippen molar-refractivity contribution in [2.24, 2.45) is 5.10 Å². The zero-order valence-electron chi connectivity index (χ0n) is 17.9. The number of nitrogens with one attached hydrogen (secondary N) is 1. The third kappa shape index (κ3) is 5.68. The fourth-order valence-corrected chi connectivity index (χ4v) is 2.96. The van der Waals surface area contributed by atoms with Crippen molar-refractivity contribution in [3.63, 3.8) is 0 Å². The van der Waals surface area contributed by atoms with Crippen LogP contribution in [0.4, 0.5) is 0 Å². The summed E-state index contributed by atoms with van der Waals surface area (Å²) in [6.45, 7) is 2.80. The quantitative estimate of drug-likeness (QED) is 0.241. The van der Waals surface area contributed by atoms with Gasteiger partial charge in [-0.05, 0) is 78.7 Å². The van der Waals surface area contributed by atoms with Gasteiger partial charge in [0.25, 0.3) is 5.91 Å². The van der Waals surface area contributed by atoms with Crippen molar-refractivity contribution >= 4 is 18.1 Å². The number of benzene rings is 3. The predicted molar refractivity (Wildman–Crippen MR) is 121 cm³/mol. The van der Waals surface area contributed by atoms with Crippen LogP contribution in [0.2, 0.25) is 0 Å². The molecule has 3 aromatic carbocycles. The van der Waals surface area contributed by atoms with Gasteiger partial charge in [0.05, 0.1) is 18.4 Å². The maximum atomic E-state index is 12.3. The molecule has 1 amide bonds. The van der Waals surface area contributed by atoms with Crippen LogP contribution in [0, 0.1) is 0 Å². The average Bonchev–Trinajstić information content (AvgIpc) is 3.32. The summed E-state index contributed by atoms with van der Waals surface area (Å²) in [6.07, 6.45) is 2.41. The Morgan fingerprint density at radius 1 is 0.939 bits per heavy atom. The number of nitrogens with zero attached hydrogens (tertiary/aromatic N) is 1. The Hall–Kier alpha value is -4.33. The van der Waals surface area contributed by atoms with Crippen molar-refractivity contribution in [2.75, 3.05) is 13.4 Å². The van der Waals surface area contributed by atoms with Crippen molar-refractivity contribution in [2.45, 2.75) is 13.3 Å². The normalized spacial score (nSPS) is 11.9. The summed E-state index contributed by atoms with van der Waals surface area (Å²) in [5, 5.41) is 3.96. The zero-order chi connectivity index (χ0) is 23.0. The maximum Gasteiger partial charge on any atom is 0.343 e. The molecule has 1 heterocycles. The van der Waals surface area contributed by atoms with E-state index in [4.69, 9.17) is 18.9 Å². The van der Waals surface area contributed by atoms with Crippen molar-refractivity contribution in [3.05, 3.63) is 83.4 Å². The first kappa shape index (κ1) is 21.9. The highest BCUT2D eigenvalue weighted by molar-refractivity contribution is 5.95. The Balaban J connectivity index is 1.29. The summed E-state index contributed by atoms with van der Waals surface area (Å²) in [5.74, 6) is 1.40. The van der Waals surface area contributed by atoms with Gasteiger partial charge in [0.2, 0.25) is 6.79 Å². The highest BCUT2D eigenvalue weighted by atomic mass is 16.7. The molecule has 1 aliphatic rings. The number of esters is 1. The second kappa shape index (κ2) is 10.3. The highest BCUT2D eigenvalue weighted by Gasteiger charge is 2.16. The molecule has 168 valence electrons. The molecule has 0 aromatic heterocycles. The van der Waals surface area contributed by atoms with E-state index in [0.29, 0.717) is 40.7 Å². The van der Waals surface area contributed by atoms with E-state index in [1.165, 1.54) is 6.21 Å². The molecule has 8 nitrogen and oxygen atoms in total. The summed E-state index contributed by atoms with van der Waals surface area (Å²) in [7, 11) is 0. The van der Waals surface area contributed by atoms with Crippen LogP contribution in [-0.2, 0) is 0 Å². The smallest absolute Gasteiger partial charge is 0.343 e. The third-order valence-electron chi connectivity index (χ3n) is 4.67. The van der Waals surface area contributed by atoms with Crippen molar-refractivity contribution in [3.8, 4) is 23.0 Å². The summed E-state index contributed by atoms with van der Waals surface area (Å²) >= 11 is 0. The lowest BCUT2D eigenvalue weighted by atomic mass is 10.2. The minimum Gasteiger partial charge on any atom is -0.494 e. The van der Waals surface area contributed by atoms with E-state index in [2.05, 4.69) is 10.5 Å². The fourth-order valence-electron chi connectivity index (χ4n) is 2.96. The first-order chi connectivity index (χ1) is 16.1. The molecule has 0 atom stereocenters. The van der Waals surface area contributed by atoms with E-state index < -0.39 is 5.97 Å². The Bertz CT molecular complexity index is 1160. The molecule has 1 aliphatic heterocycles. The van der Waals surface area contributed by atoms with E-state index >= 15 is 0 Å². The molecule has 0 spiro atoms. The van der Waals surface area contributed by atoms with Gasteiger partial charge in [0.15, 0.2) is 11.5 Å². The maximum absolute atomic E-state index is 12.3. The molecular formula is C25H22N2O6. The molecular weight excluding hydrogens is 424 g/mol. The monoisotopic (exact) mass is 446 g/mol. The molecule has 3 aromatic rings. The standard InChI is InChI=1S/C25H22N2O6/c1-2-13-30-20-10-5-18(6-11-20)25(29)33-21-8-3-17(4-9-21)15-26-27-24(28)19-7-12-22-23(14-19)32-16-31-22/h3-12,14-15H,2,13,16H2,1H3,(H,27,28)/b26-15-. The second-order valence-electron chi connectivity index (χ2n) is 7.10. The van der Waals surface area contributed by atoms with Gasteiger partial charge in [-0.15, -0.1) is 0 Å². The van der Waals surface area contributed by atoms with Crippen LogP contribution < -0.4 is 24.4 Å². The van der Waals surface area contributed by atoms with Gasteiger partial charge < -0.3 is 18.9 Å². The number of carbonyl (C=O) groups excluding carboxylic acids is 2. The molecule has 33 heavy (non-hydrogen) atoms. The number of amides is 1. The summed E-state index contributed by atoms with van der Waals surface area (Å²) in [4.78, 5) is 24.6. The summed E-state index contributed by atoms with van der Waals surface area (Å²) < 4.78 is 21.4. The van der Waals surface area contributed by atoms with E-state index in [1.807, 2.05) is 6.92 Å². The van der Waals surface area contributed by atoms with Gasteiger partial charge in [0.1, 0.15) is 11.5 Å². The summed E-state index contributed by atoms with van der Waals surface area (Å²) in [6, 6.07) is 18.5. The topological polar surface area (TPSA) is 95.5 Å². The van der Waals surface area contributed by atoms with Crippen LogP contribution in [0.5, 0.6) is 23.0 Å². The van der Waals surface area contributed by atoms with Gasteiger partial charge in [-0.25, -0.2) is 10.2 Å². The third-order valence-corrected chi connectivity index (χ3v) is 4.67. The summed E-state index contributed by atoms with van der Waals surface area (Å²) in [5.41, 5.74) is 4.02. The van der Waals surface area contributed by atoms with E-state index in [9.17, 15) is 9.59 Å². The first-order valence-electron chi connectivity index (χ1n) is 10.4. The first-order valence-corrected chi connectivity index (χ1v) is 10.4. The number of rotatable bonds is 8. The minimum atomic E-state index is -0.463. The molecule has 0 aliphatic carbocycles. The van der Waals surface area contributed by atoms with Gasteiger partial charge in [-0.2, -0.15) is 5.10 Å². The number of hydrogen-bond acceptors (Lipinski definition) is 7. The van der Waals surface area contributed by atoms with E-state index in [-0.39, 0.29) is 12.7 Å². The number of ether oxygens (including phenoxy) is 4. The van der Waals surface area contributed by atoms with Crippen molar-refractivity contribution in [1.82, 2.24) is 5.43 Å². The SMILES string of the molecule is CCCOc1ccc(C(=O)Oc2ccc(/C=N\NC(=O)c3ccc4c(c3)OCO4)cc2)cc1. The average molecular weight is 446 g/mol. The molecule has 8 heteroatoms. The Kier molecular flexibility index (Phi) is 6.84. The second-order valence-corrected chi connectivity index (χ2v) is 7.10. The molecule has 0 bridgehead atoms. The predicted octanol–water partition coefficient (Wildman–Crippen LogP) is 4.19. The molecule has 1 N–H and O–H groups in total. The lowest BCUT2D eigenvalue weighted by Crippen LogP contribution is -2.17. The van der Waals surface area contributed by atoms with Crippen LogP contribution in [0.25, 0.3) is 0 Å². The van der Waals surface area contributed by atoms with Crippen molar-refractivity contribution in [1.29, 1.82) is 0 Å². The Labute approximate surface area is 190 Å². The lowest BCUT2D eigenvalue weighted by Gasteiger charge is -2.07. The van der Waals surface area contributed by atoms with Crippen LogP contribution >= 0.6 is 0 Å². The molecule has 4 rings (SSSR count). The molecule has 0 radical (unpaired) electrons. The van der Waals surface area contributed by atoms with Gasteiger partial charge in [0, 0.05) is 5.56 Å². The fraction of sp³-hybridized carbons (Fsp3) is 0.160. The highest BCUT2D eigenvalue weighted by Crippen LogP contribution is 2.32. The minimum absolute atomic E-state index is 0.143. The van der Waals surface area contributed by atoms with Gasteiger partial charge in [-0.1, -0.05) is 6.92 Å². The molecule has 0 fully saturated rings. The number of hydrogen-bond donors (Lipinski definition) is 1. The van der Waals surface area contributed by atoms with E-state index in [1.54, 1.807) is 66.7 Å². The largest absolute Gasteiger partial charge is 0.494 e. The number of fused-ring (bicyclic) bond motifs is 1. The lowest BCUT2D eigenvalue weighted by molar-refractivity contribution is 0.0734. The Morgan fingerprint density at radius 3 is 2.39 bits per heavy atom. The van der Waals surface area contributed by atoms with Crippen LogP contribution in [0.3, 0.4) is 0 Å². The van der Waals surface area contributed by atoms with Crippen molar-refractivity contribution < 1.29 is 28.5 Å². The molecule has 0 saturated heterocycles. The van der Waals surface area contributed by atoms with Crippen LogP contribution in [0.15, 0.2) is 71.8 Å². The number of hydrazone groups is 1. The van der Waals surface area contributed by atoms with Gasteiger partial charge in [-0.3, -0.25) is 4.79 Å². The van der Waals surface area contributed by atoms with E-state index in [0.717, 1.165) is 12.0 Å². The number of carbonyl (C=O) groups is 2. The van der Waals surface area contributed by atoms with Crippen LogP contribution in [-0.4, -0.2) is 31.5 Å². The van der Waals surface area contributed by atoms with Crippen LogP contribution in [0.1, 0.15) is 39.6 Å². The Morgan fingerprint density at radius 2 is 1.64 bits per heavy atom. The zero-order valence-corrected chi connectivity index (χ0v) is 17.9. The van der Waals surface area contributed by atoms with Gasteiger partial charge >= 0.3 is 5.97 Å². The molecule has 0 unspecified atom stereocenters.